The highest BCUT2D eigenvalue weighted by molar-refractivity contribution is 7.15. The lowest BCUT2D eigenvalue weighted by molar-refractivity contribution is -0.115. The summed E-state index contributed by atoms with van der Waals surface area (Å²) in [5, 5.41) is 16.0. The fourth-order valence-corrected chi connectivity index (χ4v) is 2.61. The molecule has 0 fully saturated rings. The summed E-state index contributed by atoms with van der Waals surface area (Å²) >= 11 is 1.37. The molecule has 3 rings (SSSR count). The molecule has 22 heavy (non-hydrogen) atoms. The van der Waals surface area contributed by atoms with Crippen LogP contribution in [0, 0.1) is 0 Å². The summed E-state index contributed by atoms with van der Waals surface area (Å²) in [6.45, 7) is 1.99. The van der Waals surface area contributed by atoms with E-state index in [9.17, 15) is 4.79 Å². The Kier molecular flexibility index (Phi) is 4.24. The number of aromatic nitrogens is 3. The van der Waals surface area contributed by atoms with Crippen LogP contribution in [0.25, 0.3) is 11.3 Å². The zero-order valence-corrected chi connectivity index (χ0v) is 12.8. The Morgan fingerprint density at radius 1 is 1.27 bits per heavy atom. The number of aryl methyl sites for hydroxylation is 1. The molecule has 2 heterocycles. The van der Waals surface area contributed by atoms with Gasteiger partial charge in [-0.15, -0.1) is 10.2 Å². The summed E-state index contributed by atoms with van der Waals surface area (Å²) in [6, 6.07) is 11.4. The zero-order valence-electron chi connectivity index (χ0n) is 11.9. The van der Waals surface area contributed by atoms with E-state index < -0.39 is 0 Å². The van der Waals surface area contributed by atoms with Crippen molar-refractivity contribution in [2.75, 3.05) is 5.32 Å². The second-order valence-electron chi connectivity index (χ2n) is 4.62. The van der Waals surface area contributed by atoms with Gasteiger partial charge in [-0.25, -0.2) is 0 Å². The van der Waals surface area contributed by atoms with Gasteiger partial charge in [-0.05, 0) is 6.42 Å². The van der Waals surface area contributed by atoms with Crippen molar-refractivity contribution in [3.8, 4) is 11.3 Å². The molecule has 112 valence electrons. The Bertz CT molecular complexity index is 767. The molecule has 0 spiro atoms. The molecule has 0 bridgehead atoms. The summed E-state index contributed by atoms with van der Waals surface area (Å²) in [5.41, 5.74) is 1.67. The van der Waals surface area contributed by atoms with Crippen molar-refractivity contribution < 1.29 is 9.32 Å². The molecule has 1 N–H and O–H groups in total. The number of amides is 1. The van der Waals surface area contributed by atoms with Gasteiger partial charge in [0, 0.05) is 11.6 Å². The van der Waals surface area contributed by atoms with E-state index in [1.807, 2.05) is 37.3 Å². The topological polar surface area (TPSA) is 80.9 Å². The van der Waals surface area contributed by atoms with Crippen molar-refractivity contribution >= 4 is 22.4 Å². The van der Waals surface area contributed by atoms with Gasteiger partial charge in [0.2, 0.25) is 11.0 Å². The average molecular weight is 314 g/mol. The Morgan fingerprint density at radius 2 is 2.09 bits per heavy atom. The predicted octanol–water partition coefficient (Wildman–Crippen LogP) is 2.94. The molecule has 0 saturated heterocycles. The smallest absolute Gasteiger partial charge is 0.233 e. The van der Waals surface area contributed by atoms with Gasteiger partial charge in [-0.2, -0.15) is 0 Å². The number of anilines is 1. The Hall–Kier alpha value is -2.54. The van der Waals surface area contributed by atoms with Gasteiger partial charge in [0.15, 0.2) is 0 Å². The average Bonchev–Trinajstić information content (AvgIpc) is 3.17. The SMILES string of the molecule is CCc1nnc(NC(=O)Cc2cc(-c3ccccc3)no2)s1. The second kappa shape index (κ2) is 6.48. The quantitative estimate of drug-likeness (QED) is 0.783. The number of hydrogen-bond acceptors (Lipinski definition) is 6. The van der Waals surface area contributed by atoms with E-state index in [0.29, 0.717) is 16.6 Å². The van der Waals surface area contributed by atoms with Crippen LogP contribution in [0.15, 0.2) is 40.9 Å². The molecule has 0 aliphatic rings. The molecule has 3 aromatic rings. The standard InChI is InChI=1S/C15H14N4O2S/c1-2-14-17-18-15(22-14)16-13(20)9-11-8-12(19-21-11)10-6-4-3-5-7-10/h3-8H,2,9H2,1H3,(H,16,18,20). The van der Waals surface area contributed by atoms with Crippen LogP contribution in [-0.2, 0) is 17.6 Å². The Morgan fingerprint density at radius 3 is 2.82 bits per heavy atom. The molecule has 0 radical (unpaired) electrons. The van der Waals surface area contributed by atoms with Crippen molar-refractivity contribution in [2.24, 2.45) is 0 Å². The van der Waals surface area contributed by atoms with E-state index >= 15 is 0 Å². The first-order valence-corrected chi connectivity index (χ1v) is 7.69. The number of rotatable bonds is 5. The minimum Gasteiger partial charge on any atom is -0.360 e. The first-order valence-electron chi connectivity index (χ1n) is 6.88. The molecule has 2 aromatic heterocycles. The summed E-state index contributed by atoms with van der Waals surface area (Å²) in [6.07, 6.45) is 0.914. The highest BCUT2D eigenvalue weighted by atomic mass is 32.1. The molecular weight excluding hydrogens is 300 g/mol. The summed E-state index contributed by atoms with van der Waals surface area (Å²) in [7, 11) is 0. The third-order valence-corrected chi connectivity index (χ3v) is 3.96. The van der Waals surface area contributed by atoms with Gasteiger partial charge in [-0.3, -0.25) is 4.79 Å². The molecule has 1 amide bonds. The second-order valence-corrected chi connectivity index (χ2v) is 5.69. The molecule has 1 aromatic carbocycles. The molecule has 7 heteroatoms. The van der Waals surface area contributed by atoms with Gasteiger partial charge in [0.1, 0.15) is 16.5 Å². The molecule has 0 aliphatic carbocycles. The van der Waals surface area contributed by atoms with Crippen LogP contribution < -0.4 is 5.32 Å². The third-order valence-electron chi connectivity index (χ3n) is 2.98. The number of carbonyl (C=O) groups is 1. The molecular formula is C15H14N4O2S. The fourth-order valence-electron chi connectivity index (χ4n) is 1.91. The lowest BCUT2D eigenvalue weighted by atomic mass is 10.1. The van der Waals surface area contributed by atoms with Gasteiger partial charge in [0.05, 0.1) is 6.42 Å². The van der Waals surface area contributed by atoms with E-state index in [1.165, 1.54) is 11.3 Å². The highest BCUT2D eigenvalue weighted by Crippen LogP contribution is 2.19. The third kappa shape index (κ3) is 3.37. The molecule has 0 aliphatic heterocycles. The number of hydrogen-bond donors (Lipinski definition) is 1. The maximum atomic E-state index is 12.0. The molecule has 0 saturated carbocycles. The maximum Gasteiger partial charge on any atom is 0.233 e. The van der Waals surface area contributed by atoms with E-state index in [4.69, 9.17) is 4.52 Å². The van der Waals surface area contributed by atoms with Crippen LogP contribution in [-0.4, -0.2) is 21.3 Å². The molecule has 0 atom stereocenters. The Balaban J connectivity index is 1.63. The fraction of sp³-hybridized carbons (Fsp3) is 0.200. The van der Waals surface area contributed by atoms with Crippen molar-refractivity contribution in [1.29, 1.82) is 0 Å². The van der Waals surface area contributed by atoms with Crippen LogP contribution in [0.2, 0.25) is 0 Å². The van der Waals surface area contributed by atoms with E-state index in [0.717, 1.165) is 17.0 Å². The Labute approximate surface area is 131 Å². The summed E-state index contributed by atoms with van der Waals surface area (Å²) in [4.78, 5) is 12.0. The van der Waals surface area contributed by atoms with Crippen molar-refractivity contribution in [3.05, 3.63) is 47.2 Å². The van der Waals surface area contributed by atoms with Crippen LogP contribution in [0.5, 0.6) is 0 Å². The largest absolute Gasteiger partial charge is 0.360 e. The summed E-state index contributed by atoms with van der Waals surface area (Å²) in [5.74, 6) is 0.311. The van der Waals surface area contributed by atoms with Crippen molar-refractivity contribution in [1.82, 2.24) is 15.4 Å². The normalized spacial score (nSPS) is 10.6. The number of benzene rings is 1. The van der Waals surface area contributed by atoms with Gasteiger partial charge < -0.3 is 9.84 Å². The van der Waals surface area contributed by atoms with Gasteiger partial charge in [-0.1, -0.05) is 53.7 Å². The summed E-state index contributed by atoms with van der Waals surface area (Å²) < 4.78 is 5.21. The van der Waals surface area contributed by atoms with Crippen LogP contribution in [0.3, 0.4) is 0 Å². The van der Waals surface area contributed by atoms with E-state index in [-0.39, 0.29) is 12.3 Å². The van der Waals surface area contributed by atoms with Gasteiger partial charge >= 0.3 is 0 Å². The minimum absolute atomic E-state index is 0.112. The predicted molar refractivity (Wildman–Crippen MR) is 83.6 cm³/mol. The molecule has 6 nitrogen and oxygen atoms in total. The van der Waals surface area contributed by atoms with E-state index in [2.05, 4.69) is 20.7 Å². The number of carbonyl (C=O) groups excluding carboxylic acids is 1. The first-order chi connectivity index (χ1) is 10.7. The van der Waals surface area contributed by atoms with Crippen molar-refractivity contribution in [2.45, 2.75) is 19.8 Å². The van der Waals surface area contributed by atoms with Crippen LogP contribution in [0.4, 0.5) is 5.13 Å². The van der Waals surface area contributed by atoms with Crippen LogP contribution >= 0.6 is 11.3 Å². The lowest BCUT2D eigenvalue weighted by Crippen LogP contribution is -2.13. The zero-order chi connectivity index (χ0) is 15.4. The number of nitrogens with zero attached hydrogens (tertiary/aromatic N) is 3. The first kappa shape index (κ1) is 14.4. The lowest BCUT2D eigenvalue weighted by Gasteiger charge is -1.97. The minimum atomic E-state index is -0.199. The molecule has 0 unspecified atom stereocenters. The number of nitrogens with one attached hydrogen (secondary N) is 1. The highest BCUT2D eigenvalue weighted by Gasteiger charge is 2.12. The monoisotopic (exact) mass is 314 g/mol. The van der Waals surface area contributed by atoms with Crippen molar-refractivity contribution in [3.63, 3.8) is 0 Å². The van der Waals surface area contributed by atoms with Crippen LogP contribution in [0.1, 0.15) is 17.7 Å². The van der Waals surface area contributed by atoms with Gasteiger partial charge in [0.25, 0.3) is 0 Å². The van der Waals surface area contributed by atoms with E-state index in [1.54, 1.807) is 6.07 Å². The maximum absolute atomic E-state index is 12.0.